The third kappa shape index (κ3) is 4.82. The molecule has 1 amide bonds. The lowest BCUT2D eigenvalue weighted by Crippen LogP contribution is -2.37. The molecule has 8 rings (SSSR count). The molecule has 0 bridgehead atoms. The van der Waals surface area contributed by atoms with Gasteiger partial charge in [-0.1, -0.05) is 24.3 Å². The number of anilines is 1. The molecule has 4 aromatic rings. The van der Waals surface area contributed by atoms with Gasteiger partial charge in [0.2, 0.25) is 5.43 Å². The van der Waals surface area contributed by atoms with E-state index in [4.69, 9.17) is 19.9 Å². The van der Waals surface area contributed by atoms with Crippen LogP contribution in [-0.4, -0.2) is 78.8 Å². The van der Waals surface area contributed by atoms with Crippen molar-refractivity contribution in [2.75, 3.05) is 57.8 Å². The number of pyridine rings is 1. The average Bonchev–Trinajstić information content (AvgIpc) is 3.50. The van der Waals surface area contributed by atoms with E-state index in [9.17, 15) is 9.59 Å². The first-order valence-electron chi connectivity index (χ1n) is 15.5. The molecule has 3 N–H and O–H groups in total. The Morgan fingerprint density at radius 1 is 1.07 bits per heavy atom. The standard InChI is InChI=1S/C34H34FN5O5/c35-26-14-24-31-33(30(26)37-7-3-8-38-10-12-43-13-11-38)45-29-16-28-23(22-5-2-1-4-20(22)19-44-28)15-27(29)40(31)18-25(32(24)41)34(42)39-9-6-21(36)17-39/h1-2,4-5,14-16,18,21,37H,3,6-13,17,19,36H2/t21-/m0/s1. The monoisotopic (exact) mass is 611 g/mol. The zero-order valence-electron chi connectivity index (χ0n) is 24.8. The van der Waals surface area contributed by atoms with Gasteiger partial charge < -0.3 is 34.7 Å². The van der Waals surface area contributed by atoms with E-state index < -0.39 is 17.2 Å². The predicted molar refractivity (Wildman–Crippen MR) is 168 cm³/mol. The second kappa shape index (κ2) is 11.2. The van der Waals surface area contributed by atoms with Gasteiger partial charge >= 0.3 is 0 Å². The molecule has 232 valence electrons. The Hall–Kier alpha value is -4.45. The minimum Gasteiger partial charge on any atom is -0.488 e. The van der Waals surface area contributed by atoms with Crippen molar-refractivity contribution in [1.82, 2.24) is 14.4 Å². The molecular weight excluding hydrogens is 577 g/mol. The number of aromatic nitrogens is 1. The number of benzene rings is 3. The first-order valence-corrected chi connectivity index (χ1v) is 15.5. The third-order valence-corrected chi connectivity index (χ3v) is 9.22. The van der Waals surface area contributed by atoms with Gasteiger partial charge in [-0.3, -0.25) is 14.5 Å². The van der Waals surface area contributed by atoms with Gasteiger partial charge in [-0.25, -0.2) is 4.39 Å². The Morgan fingerprint density at radius 2 is 1.91 bits per heavy atom. The molecule has 5 heterocycles. The van der Waals surface area contributed by atoms with Crippen molar-refractivity contribution in [1.29, 1.82) is 0 Å². The number of rotatable bonds is 6. The number of likely N-dealkylation sites (tertiary alicyclic amines) is 1. The van der Waals surface area contributed by atoms with E-state index >= 15 is 4.39 Å². The second-order valence-electron chi connectivity index (χ2n) is 12.1. The molecule has 4 aliphatic rings. The number of halogens is 1. The minimum absolute atomic E-state index is 0.0320. The highest BCUT2D eigenvalue weighted by atomic mass is 19.1. The number of hydrogen-bond acceptors (Lipinski definition) is 8. The maximum absolute atomic E-state index is 15.9. The van der Waals surface area contributed by atoms with E-state index in [0.29, 0.717) is 55.4 Å². The fraction of sp³-hybridized carbons (Fsp3) is 0.353. The summed E-state index contributed by atoms with van der Waals surface area (Å²) in [5.41, 5.74) is 9.69. The van der Waals surface area contributed by atoms with Crippen molar-refractivity contribution < 1.29 is 23.4 Å². The van der Waals surface area contributed by atoms with Crippen molar-refractivity contribution in [3.63, 3.8) is 0 Å². The number of hydrogen-bond donors (Lipinski definition) is 2. The smallest absolute Gasteiger partial charge is 0.259 e. The number of ether oxygens (including phenoxy) is 3. The van der Waals surface area contributed by atoms with E-state index in [-0.39, 0.29) is 28.4 Å². The van der Waals surface area contributed by atoms with Crippen molar-refractivity contribution in [3.8, 4) is 34.1 Å². The van der Waals surface area contributed by atoms with Gasteiger partial charge in [0, 0.05) is 56.6 Å². The van der Waals surface area contributed by atoms with E-state index in [0.717, 1.165) is 56.0 Å². The number of nitrogens with two attached hydrogens (primary N) is 1. The SMILES string of the molecule is N[C@H]1CCN(C(=O)c2cn3c4c(c(NCCCN5CCOCC5)c(F)cc4c2=O)Oc2cc4c(cc2-3)-c2ccccc2CO4)C1. The molecule has 0 radical (unpaired) electrons. The van der Waals surface area contributed by atoms with E-state index in [1.54, 1.807) is 15.7 Å². The van der Waals surface area contributed by atoms with Gasteiger partial charge in [-0.2, -0.15) is 0 Å². The topological polar surface area (TPSA) is 111 Å². The van der Waals surface area contributed by atoms with Crippen molar-refractivity contribution in [3.05, 3.63) is 75.8 Å². The van der Waals surface area contributed by atoms with Crippen LogP contribution in [0, 0.1) is 5.82 Å². The van der Waals surface area contributed by atoms with Crippen LogP contribution >= 0.6 is 0 Å². The van der Waals surface area contributed by atoms with Crippen LogP contribution in [0.1, 0.15) is 28.8 Å². The molecular formula is C34H34FN5O5. The summed E-state index contributed by atoms with van der Waals surface area (Å²) in [5, 5.41) is 3.32. The summed E-state index contributed by atoms with van der Waals surface area (Å²) < 4.78 is 35.7. The lowest BCUT2D eigenvalue weighted by Gasteiger charge is -2.29. The molecule has 2 saturated heterocycles. The van der Waals surface area contributed by atoms with Crippen molar-refractivity contribution in [2.24, 2.45) is 5.73 Å². The first-order chi connectivity index (χ1) is 22.0. The van der Waals surface area contributed by atoms with Crippen molar-refractivity contribution in [2.45, 2.75) is 25.5 Å². The molecule has 45 heavy (non-hydrogen) atoms. The zero-order valence-corrected chi connectivity index (χ0v) is 24.8. The minimum atomic E-state index is -0.619. The number of carbonyl (C=O) groups is 1. The normalized spacial score (nSPS) is 18.5. The lowest BCUT2D eigenvalue weighted by molar-refractivity contribution is 0.0378. The average molecular weight is 612 g/mol. The molecule has 0 unspecified atom stereocenters. The number of amides is 1. The second-order valence-corrected chi connectivity index (χ2v) is 12.1. The van der Waals surface area contributed by atoms with Gasteiger partial charge in [0.25, 0.3) is 5.91 Å². The molecule has 3 aromatic carbocycles. The highest BCUT2D eigenvalue weighted by Crippen LogP contribution is 2.49. The summed E-state index contributed by atoms with van der Waals surface area (Å²) in [6.45, 7) is 5.80. The number of nitrogens with one attached hydrogen (secondary N) is 1. The Kier molecular flexibility index (Phi) is 6.96. The first kappa shape index (κ1) is 28.1. The van der Waals surface area contributed by atoms with Crippen LogP contribution in [0.4, 0.5) is 10.1 Å². The molecule has 11 heteroatoms. The van der Waals surface area contributed by atoms with Gasteiger partial charge in [0.1, 0.15) is 29.1 Å². The van der Waals surface area contributed by atoms with Gasteiger partial charge in [-0.15, -0.1) is 0 Å². The maximum Gasteiger partial charge on any atom is 0.259 e. The molecule has 4 aliphatic heterocycles. The summed E-state index contributed by atoms with van der Waals surface area (Å²) in [7, 11) is 0. The Bertz CT molecular complexity index is 1900. The summed E-state index contributed by atoms with van der Waals surface area (Å²) in [5.74, 6) is 0.262. The number of carbonyl (C=O) groups excluding carboxylic acids is 1. The molecule has 0 spiro atoms. The summed E-state index contributed by atoms with van der Waals surface area (Å²) in [6.07, 6.45) is 3.02. The van der Waals surface area contributed by atoms with Crippen LogP contribution in [-0.2, 0) is 11.3 Å². The van der Waals surface area contributed by atoms with Crippen LogP contribution in [0.15, 0.2) is 53.5 Å². The van der Waals surface area contributed by atoms with E-state index in [2.05, 4.69) is 10.2 Å². The maximum atomic E-state index is 15.9. The predicted octanol–water partition coefficient (Wildman–Crippen LogP) is 4.10. The molecule has 1 aromatic heterocycles. The Morgan fingerprint density at radius 3 is 2.73 bits per heavy atom. The van der Waals surface area contributed by atoms with E-state index in [1.165, 1.54) is 6.07 Å². The van der Waals surface area contributed by atoms with Gasteiger partial charge in [-0.05, 0) is 42.6 Å². The fourth-order valence-corrected chi connectivity index (χ4v) is 6.84. The summed E-state index contributed by atoms with van der Waals surface area (Å²) in [6, 6.07) is 12.9. The Balaban J connectivity index is 1.25. The van der Waals surface area contributed by atoms with Gasteiger partial charge in [0.15, 0.2) is 17.3 Å². The zero-order chi connectivity index (χ0) is 30.7. The fourth-order valence-electron chi connectivity index (χ4n) is 6.84. The summed E-state index contributed by atoms with van der Waals surface area (Å²) >= 11 is 0. The van der Waals surface area contributed by atoms with Crippen LogP contribution in [0.3, 0.4) is 0 Å². The van der Waals surface area contributed by atoms with Crippen LogP contribution < -0.4 is 26.0 Å². The third-order valence-electron chi connectivity index (χ3n) is 9.22. The highest BCUT2D eigenvalue weighted by Gasteiger charge is 2.33. The quantitative estimate of drug-likeness (QED) is 0.276. The number of nitrogens with zero attached hydrogens (tertiary/aromatic N) is 3. The van der Waals surface area contributed by atoms with Crippen LogP contribution in [0.2, 0.25) is 0 Å². The highest BCUT2D eigenvalue weighted by molar-refractivity contribution is 6.01. The molecule has 10 nitrogen and oxygen atoms in total. The number of morpholine rings is 1. The molecule has 0 saturated carbocycles. The van der Waals surface area contributed by atoms with E-state index in [1.807, 2.05) is 36.4 Å². The Labute approximate surface area is 259 Å². The molecule has 0 aliphatic carbocycles. The largest absolute Gasteiger partial charge is 0.488 e. The van der Waals surface area contributed by atoms with Gasteiger partial charge in [0.05, 0.1) is 24.3 Å². The number of fused-ring (bicyclic) bond motifs is 5. The molecule has 1 atom stereocenters. The lowest BCUT2D eigenvalue weighted by atomic mass is 9.95. The van der Waals surface area contributed by atoms with Crippen molar-refractivity contribution >= 4 is 22.5 Å². The molecule has 2 fully saturated rings. The summed E-state index contributed by atoms with van der Waals surface area (Å²) in [4.78, 5) is 31.5. The van der Waals surface area contributed by atoms with Crippen LogP contribution in [0.5, 0.6) is 17.2 Å². The van der Waals surface area contributed by atoms with Crippen LogP contribution in [0.25, 0.3) is 27.7 Å².